The molecule has 1 aromatic heterocycles. The molecule has 0 fully saturated rings. The van der Waals surface area contributed by atoms with Crippen LogP contribution in [0.5, 0.6) is 0 Å². The van der Waals surface area contributed by atoms with Gasteiger partial charge < -0.3 is 10.1 Å². The fourth-order valence-corrected chi connectivity index (χ4v) is 4.65. The molecule has 0 aliphatic carbocycles. The molecule has 0 atom stereocenters. The number of hydrogen-bond acceptors (Lipinski definition) is 7. The number of esters is 1. The molecule has 9 heteroatoms. The zero-order chi connectivity index (χ0) is 26.4. The number of amides is 1. The first-order valence-corrected chi connectivity index (χ1v) is 12.1. The Kier molecular flexibility index (Phi) is 8.35. The third-order valence-electron chi connectivity index (χ3n) is 5.44. The van der Waals surface area contributed by atoms with Gasteiger partial charge in [-0.1, -0.05) is 38.1 Å². The van der Waals surface area contributed by atoms with E-state index >= 15 is 0 Å². The van der Waals surface area contributed by atoms with Gasteiger partial charge in [-0.05, 0) is 54.7 Å². The highest BCUT2D eigenvalue weighted by Crippen LogP contribution is 2.41. The van der Waals surface area contributed by atoms with E-state index in [4.69, 9.17) is 4.74 Å². The van der Waals surface area contributed by atoms with Crippen LogP contribution in [0.4, 0.5) is 10.7 Å². The molecule has 1 heterocycles. The first kappa shape index (κ1) is 26.3. The van der Waals surface area contributed by atoms with Crippen molar-refractivity contribution < 1.29 is 19.2 Å². The predicted molar refractivity (Wildman–Crippen MR) is 140 cm³/mol. The predicted octanol–water partition coefficient (Wildman–Crippen LogP) is 6.48. The van der Waals surface area contributed by atoms with E-state index in [1.807, 2.05) is 30.3 Å². The van der Waals surface area contributed by atoms with Crippen molar-refractivity contribution in [1.82, 2.24) is 0 Å². The van der Waals surface area contributed by atoms with E-state index in [1.54, 1.807) is 26.0 Å². The van der Waals surface area contributed by atoms with Gasteiger partial charge in [0.05, 0.1) is 11.5 Å². The monoisotopic (exact) mass is 503 g/mol. The molecule has 8 nitrogen and oxygen atoms in total. The number of rotatable bonds is 8. The van der Waals surface area contributed by atoms with Gasteiger partial charge in [-0.2, -0.15) is 5.26 Å². The van der Waals surface area contributed by atoms with Crippen LogP contribution < -0.4 is 5.32 Å². The molecular weight excluding hydrogens is 478 g/mol. The lowest BCUT2D eigenvalue weighted by atomic mass is 10.0. The summed E-state index contributed by atoms with van der Waals surface area (Å²) >= 11 is 1.16. The maximum atomic E-state index is 13.0. The minimum atomic E-state index is -0.660. The van der Waals surface area contributed by atoms with Crippen LogP contribution in [-0.4, -0.2) is 23.4 Å². The van der Waals surface area contributed by atoms with Crippen molar-refractivity contribution in [2.24, 2.45) is 0 Å². The number of nitrogens with zero attached hydrogens (tertiary/aromatic N) is 2. The Bertz CT molecular complexity index is 1360. The van der Waals surface area contributed by atoms with Crippen LogP contribution in [-0.2, 0) is 9.53 Å². The lowest BCUT2D eigenvalue weighted by molar-refractivity contribution is -0.384. The van der Waals surface area contributed by atoms with Gasteiger partial charge in [-0.3, -0.25) is 14.9 Å². The van der Waals surface area contributed by atoms with Gasteiger partial charge in [0.15, 0.2) is 0 Å². The molecule has 184 valence electrons. The molecule has 0 aliphatic heterocycles. The SMILES string of the molecule is CCOC(=O)c1c(NC(=O)C(C#N)=Cc2ccc(C(C)C)cc2)sc(C)c1-c1ccc([N+](=O)[O-])cc1. The number of benzene rings is 2. The van der Waals surface area contributed by atoms with Crippen LogP contribution in [0.15, 0.2) is 54.1 Å². The fraction of sp³-hybridized carbons (Fsp3) is 0.222. The van der Waals surface area contributed by atoms with Crippen molar-refractivity contribution in [3.63, 3.8) is 0 Å². The number of carbonyl (C=O) groups is 2. The molecule has 0 saturated carbocycles. The number of aryl methyl sites for hydroxylation is 1. The summed E-state index contributed by atoms with van der Waals surface area (Å²) in [6.07, 6.45) is 1.49. The lowest BCUT2D eigenvalue weighted by Crippen LogP contribution is -2.16. The third-order valence-corrected chi connectivity index (χ3v) is 6.46. The van der Waals surface area contributed by atoms with Crippen LogP contribution in [0, 0.1) is 28.4 Å². The van der Waals surface area contributed by atoms with Gasteiger partial charge in [0.2, 0.25) is 0 Å². The van der Waals surface area contributed by atoms with Gasteiger partial charge in [-0.25, -0.2) is 4.79 Å². The van der Waals surface area contributed by atoms with Crippen LogP contribution in [0.3, 0.4) is 0 Å². The average molecular weight is 504 g/mol. The maximum Gasteiger partial charge on any atom is 0.341 e. The Hall–Kier alpha value is -4.29. The number of nitriles is 1. The zero-order valence-corrected chi connectivity index (χ0v) is 21.1. The summed E-state index contributed by atoms with van der Waals surface area (Å²) in [6, 6.07) is 15.3. The Balaban J connectivity index is 1.99. The number of ether oxygens (including phenoxy) is 1. The Morgan fingerprint density at radius 1 is 1.17 bits per heavy atom. The summed E-state index contributed by atoms with van der Waals surface area (Å²) in [5.74, 6) is -0.945. The topological polar surface area (TPSA) is 122 Å². The summed E-state index contributed by atoms with van der Waals surface area (Å²) in [4.78, 5) is 37.1. The van der Waals surface area contributed by atoms with Crippen LogP contribution >= 0.6 is 11.3 Å². The van der Waals surface area contributed by atoms with Gasteiger partial charge >= 0.3 is 5.97 Å². The Morgan fingerprint density at radius 3 is 2.33 bits per heavy atom. The largest absolute Gasteiger partial charge is 0.462 e. The molecule has 0 radical (unpaired) electrons. The van der Waals surface area contributed by atoms with E-state index in [1.165, 1.54) is 18.2 Å². The van der Waals surface area contributed by atoms with Crippen LogP contribution in [0.2, 0.25) is 0 Å². The number of nitro groups is 1. The van der Waals surface area contributed by atoms with E-state index in [2.05, 4.69) is 19.2 Å². The number of hydrogen-bond donors (Lipinski definition) is 1. The van der Waals surface area contributed by atoms with Crippen molar-refractivity contribution in [3.05, 3.63) is 85.8 Å². The molecule has 0 aliphatic rings. The number of nitro benzene ring substituents is 1. The van der Waals surface area contributed by atoms with Crippen molar-refractivity contribution in [2.75, 3.05) is 11.9 Å². The second-order valence-corrected chi connectivity index (χ2v) is 9.43. The van der Waals surface area contributed by atoms with E-state index in [0.717, 1.165) is 16.9 Å². The minimum Gasteiger partial charge on any atom is -0.462 e. The molecule has 0 spiro atoms. The highest BCUT2D eigenvalue weighted by Gasteiger charge is 2.26. The summed E-state index contributed by atoms with van der Waals surface area (Å²) in [7, 11) is 0. The van der Waals surface area contributed by atoms with Crippen molar-refractivity contribution in [2.45, 2.75) is 33.6 Å². The minimum absolute atomic E-state index is 0.0805. The maximum absolute atomic E-state index is 13.0. The summed E-state index contributed by atoms with van der Waals surface area (Å²) < 4.78 is 5.23. The first-order chi connectivity index (χ1) is 17.2. The molecule has 3 aromatic rings. The normalized spacial score (nSPS) is 11.2. The zero-order valence-electron chi connectivity index (χ0n) is 20.3. The number of anilines is 1. The van der Waals surface area contributed by atoms with Crippen molar-refractivity contribution in [1.29, 1.82) is 5.26 Å². The van der Waals surface area contributed by atoms with Crippen LogP contribution in [0.1, 0.15) is 53.1 Å². The highest BCUT2D eigenvalue weighted by molar-refractivity contribution is 7.17. The molecule has 0 unspecified atom stereocenters. The quantitative estimate of drug-likeness (QED) is 0.123. The molecule has 3 rings (SSSR count). The van der Waals surface area contributed by atoms with E-state index < -0.39 is 16.8 Å². The number of thiophene rings is 1. The second-order valence-electron chi connectivity index (χ2n) is 8.21. The Morgan fingerprint density at radius 2 is 1.81 bits per heavy atom. The van der Waals surface area contributed by atoms with Gasteiger partial charge in [0, 0.05) is 22.6 Å². The fourth-order valence-electron chi connectivity index (χ4n) is 3.59. The van der Waals surface area contributed by atoms with E-state index in [9.17, 15) is 25.0 Å². The van der Waals surface area contributed by atoms with Crippen molar-refractivity contribution in [3.8, 4) is 17.2 Å². The molecule has 0 saturated heterocycles. The molecule has 36 heavy (non-hydrogen) atoms. The van der Waals surface area contributed by atoms with E-state index in [-0.39, 0.29) is 28.4 Å². The molecule has 1 amide bonds. The lowest BCUT2D eigenvalue weighted by Gasteiger charge is -2.09. The summed E-state index contributed by atoms with van der Waals surface area (Å²) in [5.41, 5.74) is 2.86. The number of non-ortho nitro benzene ring substituents is 1. The standard InChI is InChI=1S/C27H25N3O5S/c1-5-35-27(32)24-23(20-10-12-22(13-11-20)30(33)34)17(4)36-26(24)29-25(31)21(15-28)14-18-6-8-19(9-7-18)16(2)3/h6-14,16H,5H2,1-4H3,(H,29,31). The second kappa shape index (κ2) is 11.4. The highest BCUT2D eigenvalue weighted by atomic mass is 32.1. The summed E-state index contributed by atoms with van der Waals surface area (Å²) in [6.45, 7) is 7.72. The van der Waals surface area contributed by atoms with Crippen molar-refractivity contribution >= 4 is 40.0 Å². The number of nitrogens with one attached hydrogen (secondary N) is 1. The third kappa shape index (κ3) is 5.85. The smallest absolute Gasteiger partial charge is 0.341 e. The van der Waals surface area contributed by atoms with Gasteiger partial charge in [-0.15, -0.1) is 11.3 Å². The first-order valence-electron chi connectivity index (χ1n) is 11.2. The van der Waals surface area contributed by atoms with Gasteiger partial charge in [0.1, 0.15) is 22.2 Å². The molecular formula is C27H25N3O5S. The number of carbonyl (C=O) groups excluding carboxylic acids is 2. The molecule has 0 bridgehead atoms. The van der Waals surface area contributed by atoms with E-state index in [0.29, 0.717) is 27.5 Å². The molecule has 2 aromatic carbocycles. The Labute approximate surface area is 213 Å². The van der Waals surface area contributed by atoms with Gasteiger partial charge in [0.25, 0.3) is 11.6 Å². The average Bonchev–Trinajstić information content (AvgIpc) is 3.18. The molecule has 1 N–H and O–H groups in total. The summed E-state index contributed by atoms with van der Waals surface area (Å²) in [5, 5.41) is 23.6. The van der Waals surface area contributed by atoms with Crippen LogP contribution in [0.25, 0.3) is 17.2 Å².